The number of imidazole rings is 1. The Hall–Kier alpha value is -3.69. The predicted octanol–water partition coefficient (Wildman–Crippen LogP) is 4.43. The first-order valence-corrected chi connectivity index (χ1v) is 10.8. The maximum absolute atomic E-state index is 13.5. The van der Waals surface area contributed by atoms with Gasteiger partial charge in [-0.05, 0) is 44.2 Å². The molecular formula is C23H20N4O4S. The number of nitrogens with zero attached hydrogens (tertiary/aromatic N) is 2. The lowest BCUT2D eigenvalue weighted by Gasteiger charge is -2.38. The van der Waals surface area contributed by atoms with E-state index in [2.05, 4.69) is 15.3 Å². The Morgan fingerprint density at radius 1 is 1.22 bits per heavy atom. The molecule has 3 heterocycles. The van der Waals surface area contributed by atoms with Gasteiger partial charge in [-0.1, -0.05) is 24.3 Å². The van der Waals surface area contributed by atoms with Crippen LogP contribution in [0.25, 0.3) is 11.0 Å². The maximum Gasteiger partial charge on any atom is 0.411 e. The van der Waals surface area contributed by atoms with Gasteiger partial charge in [-0.2, -0.15) is 0 Å². The van der Waals surface area contributed by atoms with E-state index in [0.717, 1.165) is 9.75 Å². The Balaban J connectivity index is 1.67. The van der Waals surface area contributed by atoms with Crippen LogP contribution in [-0.4, -0.2) is 37.1 Å². The molecule has 1 aliphatic heterocycles. The molecule has 9 heteroatoms. The Bertz CT molecular complexity index is 1380. The summed E-state index contributed by atoms with van der Waals surface area (Å²) in [7, 11) is 0. The number of aromatic amines is 1. The van der Waals surface area contributed by atoms with E-state index in [-0.39, 0.29) is 17.9 Å². The second-order valence-corrected chi connectivity index (χ2v) is 9.08. The van der Waals surface area contributed by atoms with Crippen LogP contribution in [0.1, 0.15) is 44.2 Å². The van der Waals surface area contributed by atoms with Gasteiger partial charge in [0.25, 0.3) is 5.91 Å². The predicted molar refractivity (Wildman–Crippen MR) is 121 cm³/mol. The number of amides is 2. The first-order valence-electron chi connectivity index (χ1n) is 10.0. The molecule has 2 aromatic heterocycles. The van der Waals surface area contributed by atoms with Crippen LogP contribution in [0.15, 0.2) is 54.6 Å². The largest absolute Gasteiger partial charge is 0.465 e. The van der Waals surface area contributed by atoms with E-state index < -0.39 is 11.8 Å². The maximum atomic E-state index is 13.5. The number of rotatable bonds is 4. The highest BCUT2D eigenvalue weighted by Gasteiger charge is 2.52. The van der Waals surface area contributed by atoms with Crippen molar-refractivity contribution in [3.05, 3.63) is 81.0 Å². The molecule has 4 N–H and O–H groups in total. The van der Waals surface area contributed by atoms with E-state index in [0.29, 0.717) is 27.7 Å². The van der Waals surface area contributed by atoms with Gasteiger partial charge in [0.1, 0.15) is 0 Å². The van der Waals surface area contributed by atoms with Crippen molar-refractivity contribution in [1.29, 1.82) is 0 Å². The molecule has 2 amide bonds. The van der Waals surface area contributed by atoms with E-state index in [4.69, 9.17) is 5.11 Å². The molecule has 162 valence electrons. The number of aromatic nitrogens is 2. The minimum atomic E-state index is -1.70. The number of aryl methyl sites for hydroxylation is 1. The highest BCUT2D eigenvalue weighted by atomic mass is 32.1. The molecule has 5 rings (SSSR count). The number of aliphatic hydroxyl groups is 1. The van der Waals surface area contributed by atoms with Crippen LogP contribution in [0.3, 0.4) is 0 Å². The average Bonchev–Trinajstić information content (AvgIpc) is 3.42. The lowest BCUT2D eigenvalue weighted by atomic mass is 9.92. The normalized spacial score (nSPS) is 18.7. The SMILES string of the molecule is Cc1ccc(C(C)N2C(=O)c3ccccc3C2(O)c2ccc3nc(NC(=O)O)[nH]c3c2)s1. The van der Waals surface area contributed by atoms with E-state index in [9.17, 15) is 14.7 Å². The van der Waals surface area contributed by atoms with Crippen LogP contribution in [-0.2, 0) is 5.72 Å². The van der Waals surface area contributed by atoms with Gasteiger partial charge < -0.3 is 15.2 Å². The summed E-state index contributed by atoms with van der Waals surface area (Å²) in [4.78, 5) is 35.1. The van der Waals surface area contributed by atoms with Gasteiger partial charge in [0.05, 0.1) is 17.1 Å². The fraction of sp³-hybridized carbons (Fsp3) is 0.174. The first kappa shape index (κ1) is 20.2. The molecule has 0 spiro atoms. The highest BCUT2D eigenvalue weighted by molar-refractivity contribution is 7.12. The molecule has 0 saturated carbocycles. The Kier molecular flexibility index (Phi) is 4.54. The molecule has 2 aromatic carbocycles. The molecule has 1 aliphatic rings. The van der Waals surface area contributed by atoms with Crippen molar-refractivity contribution in [1.82, 2.24) is 14.9 Å². The number of carbonyl (C=O) groups is 2. The summed E-state index contributed by atoms with van der Waals surface area (Å²) in [6.07, 6.45) is -1.23. The third-order valence-electron chi connectivity index (χ3n) is 5.77. The van der Waals surface area contributed by atoms with Crippen LogP contribution in [0.2, 0.25) is 0 Å². The number of benzene rings is 2. The number of H-pyrrole nitrogens is 1. The zero-order valence-corrected chi connectivity index (χ0v) is 18.1. The molecule has 0 aliphatic carbocycles. The average molecular weight is 449 g/mol. The summed E-state index contributed by atoms with van der Waals surface area (Å²) in [5.74, 6) is -0.168. The summed E-state index contributed by atoms with van der Waals surface area (Å²) < 4.78 is 0. The summed E-state index contributed by atoms with van der Waals surface area (Å²) >= 11 is 1.59. The molecule has 8 nitrogen and oxygen atoms in total. The number of carbonyl (C=O) groups excluding carboxylic acids is 1. The molecule has 2 atom stereocenters. The third-order valence-corrected chi connectivity index (χ3v) is 6.94. The smallest absolute Gasteiger partial charge is 0.411 e. The molecular weight excluding hydrogens is 428 g/mol. The number of hydrogen-bond donors (Lipinski definition) is 4. The summed E-state index contributed by atoms with van der Waals surface area (Å²) in [6, 6.07) is 15.8. The summed E-state index contributed by atoms with van der Waals surface area (Å²) in [5, 5.41) is 23.3. The second kappa shape index (κ2) is 7.18. The quantitative estimate of drug-likeness (QED) is 0.368. The van der Waals surface area contributed by atoms with Crippen LogP contribution in [0.4, 0.5) is 10.7 Å². The van der Waals surface area contributed by atoms with Crippen molar-refractivity contribution in [3.63, 3.8) is 0 Å². The minimum absolute atomic E-state index is 0.0822. The lowest BCUT2D eigenvalue weighted by Crippen LogP contribution is -2.45. The second-order valence-electron chi connectivity index (χ2n) is 7.76. The molecule has 0 bridgehead atoms. The van der Waals surface area contributed by atoms with Crippen molar-refractivity contribution >= 4 is 40.3 Å². The third kappa shape index (κ3) is 2.97. The topological polar surface area (TPSA) is 119 Å². The van der Waals surface area contributed by atoms with Gasteiger partial charge in [0.15, 0.2) is 5.72 Å². The zero-order chi connectivity index (χ0) is 22.6. The van der Waals surface area contributed by atoms with Crippen LogP contribution in [0, 0.1) is 6.92 Å². The highest BCUT2D eigenvalue weighted by Crippen LogP contribution is 2.47. The molecule has 0 fully saturated rings. The van der Waals surface area contributed by atoms with Gasteiger partial charge in [-0.3, -0.25) is 15.0 Å². The van der Waals surface area contributed by atoms with Crippen molar-refractivity contribution in [3.8, 4) is 0 Å². The van der Waals surface area contributed by atoms with Crippen molar-refractivity contribution in [2.75, 3.05) is 5.32 Å². The minimum Gasteiger partial charge on any atom is -0.465 e. The fourth-order valence-corrected chi connectivity index (χ4v) is 5.24. The number of nitrogens with one attached hydrogen (secondary N) is 2. The van der Waals surface area contributed by atoms with Crippen molar-refractivity contribution in [2.24, 2.45) is 0 Å². The number of hydrogen-bond acceptors (Lipinski definition) is 5. The fourth-order valence-electron chi connectivity index (χ4n) is 4.32. The van der Waals surface area contributed by atoms with Gasteiger partial charge in [-0.15, -0.1) is 11.3 Å². The summed E-state index contributed by atoms with van der Waals surface area (Å²) in [5.41, 5.74) is 0.808. The van der Waals surface area contributed by atoms with Crippen molar-refractivity contribution < 1.29 is 19.8 Å². The van der Waals surface area contributed by atoms with Gasteiger partial charge in [0, 0.05) is 26.4 Å². The van der Waals surface area contributed by atoms with Crippen LogP contribution in [0.5, 0.6) is 0 Å². The first-order chi connectivity index (χ1) is 15.3. The Morgan fingerprint density at radius 2 is 2.00 bits per heavy atom. The van der Waals surface area contributed by atoms with E-state index >= 15 is 0 Å². The monoisotopic (exact) mass is 448 g/mol. The van der Waals surface area contributed by atoms with Gasteiger partial charge in [-0.25, -0.2) is 9.78 Å². The van der Waals surface area contributed by atoms with Crippen LogP contribution < -0.4 is 5.32 Å². The molecule has 32 heavy (non-hydrogen) atoms. The van der Waals surface area contributed by atoms with Gasteiger partial charge in [0.2, 0.25) is 5.95 Å². The Morgan fingerprint density at radius 3 is 2.72 bits per heavy atom. The molecule has 4 aromatic rings. The van der Waals surface area contributed by atoms with E-state index in [1.807, 2.05) is 26.0 Å². The van der Waals surface area contributed by atoms with E-state index in [1.54, 1.807) is 53.8 Å². The lowest BCUT2D eigenvalue weighted by molar-refractivity contribution is -0.0670. The standard InChI is InChI=1S/C23H20N4O4S/c1-12-7-10-19(32-12)13(2)27-20(28)15-5-3-4-6-16(15)23(27,31)14-8-9-17-18(11-14)25-21(24-17)26-22(29)30/h3-11,13,31H,1-2H3,(H,29,30)(H2,24,25,26). The number of thiophene rings is 1. The number of fused-ring (bicyclic) bond motifs is 2. The number of carboxylic acid groups (broad SMARTS) is 1. The molecule has 0 radical (unpaired) electrons. The molecule has 0 saturated heterocycles. The number of anilines is 1. The Labute approximate surface area is 187 Å². The summed E-state index contributed by atoms with van der Waals surface area (Å²) in [6.45, 7) is 3.91. The van der Waals surface area contributed by atoms with Crippen molar-refractivity contribution in [2.45, 2.75) is 25.6 Å². The van der Waals surface area contributed by atoms with E-state index in [1.165, 1.54) is 4.90 Å². The van der Waals surface area contributed by atoms with Gasteiger partial charge >= 0.3 is 6.09 Å². The molecule has 2 unspecified atom stereocenters. The zero-order valence-electron chi connectivity index (χ0n) is 17.3. The van der Waals surface area contributed by atoms with Crippen LogP contribution >= 0.6 is 11.3 Å².